The van der Waals surface area contributed by atoms with Crippen LogP contribution >= 0.6 is 23.1 Å². The molecular weight excluding hydrogens is 292 g/mol. The average Bonchev–Trinajstić information content (AvgIpc) is 3.19. The molecule has 112 valence electrons. The van der Waals surface area contributed by atoms with E-state index in [1.807, 2.05) is 20.1 Å². The second-order valence-electron chi connectivity index (χ2n) is 5.19. The molecular formula is C14H22N2O2S2. The van der Waals surface area contributed by atoms with E-state index >= 15 is 0 Å². The Morgan fingerprint density at radius 1 is 1.55 bits per heavy atom. The van der Waals surface area contributed by atoms with Crippen molar-refractivity contribution in [1.29, 1.82) is 0 Å². The first-order valence-electron chi connectivity index (χ1n) is 6.90. The summed E-state index contributed by atoms with van der Waals surface area (Å²) in [6, 6.07) is 0. The summed E-state index contributed by atoms with van der Waals surface area (Å²) < 4.78 is 5.51. The number of hydrogen-bond acceptors (Lipinski definition) is 6. The van der Waals surface area contributed by atoms with Crippen LogP contribution in [0.25, 0.3) is 0 Å². The molecule has 0 aromatic carbocycles. The van der Waals surface area contributed by atoms with Crippen molar-refractivity contribution in [2.24, 2.45) is 5.92 Å². The van der Waals surface area contributed by atoms with Crippen LogP contribution in [0.3, 0.4) is 0 Å². The molecule has 2 rings (SSSR count). The van der Waals surface area contributed by atoms with Crippen LogP contribution in [0.1, 0.15) is 36.4 Å². The van der Waals surface area contributed by atoms with Gasteiger partial charge in [-0.15, -0.1) is 23.1 Å². The predicted octanol–water partition coefficient (Wildman–Crippen LogP) is 3.48. The molecule has 1 fully saturated rings. The minimum atomic E-state index is 0.211. The van der Waals surface area contributed by atoms with Gasteiger partial charge in [-0.3, -0.25) is 4.79 Å². The van der Waals surface area contributed by atoms with Crippen molar-refractivity contribution >= 4 is 39.6 Å². The van der Waals surface area contributed by atoms with Crippen molar-refractivity contribution in [3.63, 3.8) is 0 Å². The highest BCUT2D eigenvalue weighted by Gasteiger charge is 2.33. The molecule has 0 amide bonds. The van der Waals surface area contributed by atoms with Crippen molar-refractivity contribution < 1.29 is 9.53 Å². The van der Waals surface area contributed by atoms with Crippen molar-refractivity contribution in [2.45, 2.75) is 37.7 Å². The summed E-state index contributed by atoms with van der Waals surface area (Å²) in [5, 5.41) is 4.33. The molecule has 0 bridgehead atoms. The van der Waals surface area contributed by atoms with E-state index in [-0.39, 0.29) is 17.8 Å². The van der Waals surface area contributed by atoms with Crippen molar-refractivity contribution in [3.8, 4) is 0 Å². The van der Waals surface area contributed by atoms with Gasteiger partial charge < -0.3 is 15.8 Å². The van der Waals surface area contributed by atoms with Gasteiger partial charge in [-0.05, 0) is 32.9 Å². The second-order valence-corrected chi connectivity index (χ2v) is 7.03. The van der Waals surface area contributed by atoms with Crippen LogP contribution in [0.15, 0.2) is 4.90 Å². The second kappa shape index (κ2) is 6.83. The lowest BCUT2D eigenvalue weighted by molar-refractivity contribution is 0.0870. The number of thiophene rings is 1. The highest BCUT2D eigenvalue weighted by molar-refractivity contribution is 7.99. The molecule has 6 heteroatoms. The minimum Gasteiger partial charge on any atom is -0.396 e. The Morgan fingerprint density at radius 3 is 2.80 bits per heavy atom. The molecule has 0 spiro atoms. The zero-order valence-electron chi connectivity index (χ0n) is 12.2. The van der Waals surface area contributed by atoms with Gasteiger partial charge in [0, 0.05) is 12.5 Å². The van der Waals surface area contributed by atoms with Crippen LogP contribution in [0.4, 0.5) is 10.7 Å². The molecule has 0 atom stereocenters. The average molecular weight is 314 g/mol. The number of carbonyl (C=O) groups is 1. The fourth-order valence-electron chi connectivity index (χ4n) is 1.92. The number of rotatable bonds is 8. The Bertz CT molecular complexity index is 482. The van der Waals surface area contributed by atoms with Crippen LogP contribution in [-0.4, -0.2) is 31.3 Å². The van der Waals surface area contributed by atoms with E-state index in [4.69, 9.17) is 10.5 Å². The number of ketones is 1. The van der Waals surface area contributed by atoms with Crippen molar-refractivity contribution in [1.82, 2.24) is 0 Å². The third-order valence-electron chi connectivity index (χ3n) is 3.11. The van der Waals surface area contributed by atoms with Gasteiger partial charge in [0.15, 0.2) is 5.78 Å². The van der Waals surface area contributed by atoms with Gasteiger partial charge in [-0.2, -0.15) is 0 Å². The highest BCUT2D eigenvalue weighted by Crippen LogP contribution is 2.45. The molecule has 1 heterocycles. The largest absolute Gasteiger partial charge is 0.396 e. The Hall–Kier alpha value is -0.720. The number of nitrogen functional groups attached to an aromatic ring is 1. The molecule has 1 aliphatic rings. The molecule has 1 aromatic heterocycles. The topological polar surface area (TPSA) is 64.3 Å². The first kappa shape index (κ1) is 15.7. The maximum absolute atomic E-state index is 12.2. The van der Waals surface area contributed by atoms with Crippen LogP contribution in [0.5, 0.6) is 0 Å². The first-order valence-corrected chi connectivity index (χ1v) is 8.94. The third kappa shape index (κ3) is 3.68. The lowest BCUT2D eigenvalue weighted by atomic mass is 10.2. The van der Waals surface area contributed by atoms with Crippen LogP contribution in [-0.2, 0) is 4.74 Å². The molecule has 20 heavy (non-hydrogen) atoms. The third-order valence-corrected chi connectivity index (χ3v) is 5.25. The lowest BCUT2D eigenvalue weighted by Crippen LogP contribution is -2.12. The molecule has 0 unspecified atom stereocenters. The van der Waals surface area contributed by atoms with Crippen LogP contribution < -0.4 is 11.1 Å². The van der Waals surface area contributed by atoms with Gasteiger partial charge in [0.1, 0.15) is 5.00 Å². The Balaban J connectivity index is 2.03. The van der Waals surface area contributed by atoms with Crippen LogP contribution in [0, 0.1) is 5.92 Å². The van der Waals surface area contributed by atoms with Gasteiger partial charge in [-0.1, -0.05) is 0 Å². The summed E-state index contributed by atoms with van der Waals surface area (Å²) in [7, 11) is 0. The number of nitrogens with one attached hydrogen (secondary N) is 1. The Labute approximate surface area is 128 Å². The van der Waals surface area contributed by atoms with E-state index < -0.39 is 0 Å². The monoisotopic (exact) mass is 314 g/mol. The lowest BCUT2D eigenvalue weighted by Gasteiger charge is -2.09. The zero-order valence-corrected chi connectivity index (χ0v) is 13.8. The summed E-state index contributed by atoms with van der Waals surface area (Å²) in [6.45, 7) is 5.41. The fraction of sp³-hybridized carbons (Fsp3) is 0.643. The van der Waals surface area contributed by atoms with Gasteiger partial charge >= 0.3 is 0 Å². The SMILES string of the molecule is CSc1c(NCCOC(C)C)sc(C(=O)C2CC2)c1N. The minimum absolute atomic E-state index is 0.211. The number of anilines is 2. The van der Waals surface area contributed by atoms with Crippen molar-refractivity contribution in [3.05, 3.63) is 4.88 Å². The van der Waals surface area contributed by atoms with Crippen molar-refractivity contribution in [2.75, 3.05) is 30.5 Å². The molecule has 0 aliphatic heterocycles. The van der Waals surface area contributed by atoms with E-state index in [0.29, 0.717) is 12.3 Å². The molecule has 1 aliphatic carbocycles. The number of ether oxygens (including phenoxy) is 1. The zero-order chi connectivity index (χ0) is 14.7. The molecule has 4 nitrogen and oxygen atoms in total. The number of hydrogen-bond donors (Lipinski definition) is 2. The van der Waals surface area contributed by atoms with E-state index in [0.717, 1.165) is 34.2 Å². The molecule has 1 aromatic rings. The van der Waals surface area contributed by atoms with Gasteiger partial charge in [0.25, 0.3) is 0 Å². The quantitative estimate of drug-likeness (QED) is 0.437. The van der Waals surface area contributed by atoms with E-state index in [1.54, 1.807) is 11.8 Å². The summed E-state index contributed by atoms with van der Waals surface area (Å²) in [4.78, 5) is 13.9. The predicted molar refractivity (Wildman–Crippen MR) is 87.1 cm³/mol. The summed E-state index contributed by atoms with van der Waals surface area (Å²) in [5.41, 5.74) is 6.78. The molecule has 0 saturated heterocycles. The van der Waals surface area contributed by atoms with Gasteiger partial charge in [-0.25, -0.2) is 0 Å². The number of thioether (sulfide) groups is 1. The summed E-state index contributed by atoms with van der Waals surface area (Å²) in [6.07, 6.45) is 4.24. The summed E-state index contributed by atoms with van der Waals surface area (Å²) >= 11 is 3.07. The van der Waals surface area contributed by atoms with E-state index in [9.17, 15) is 4.79 Å². The molecule has 3 N–H and O–H groups in total. The van der Waals surface area contributed by atoms with Gasteiger partial charge in [0.05, 0.1) is 28.2 Å². The number of carbonyl (C=O) groups excluding carboxylic acids is 1. The Morgan fingerprint density at radius 2 is 2.25 bits per heavy atom. The molecule has 0 radical (unpaired) electrons. The van der Waals surface area contributed by atoms with Gasteiger partial charge in [0.2, 0.25) is 0 Å². The van der Waals surface area contributed by atoms with Crippen LogP contribution in [0.2, 0.25) is 0 Å². The maximum Gasteiger partial charge on any atom is 0.178 e. The standard InChI is InChI=1S/C14H22N2O2S2/c1-8(2)18-7-6-16-14-13(19-3)10(15)12(20-14)11(17)9-4-5-9/h8-9,16H,4-7,15H2,1-3H3. The van der Waals surface area contributed by atoms with E-state index in [1.165, 1.54) is 11.3 Å². The fourth-order valence-corrected chi connectivity index (χ4v) is 4.00. The maximum atomic E-state index is 12.2. The smallest absolute Gasteiger partial charge is 0.178 e. The summed E-state index contributed by atoms with van der Waals surface area (Å²) in [5.74, 6) is 0.428. The Kier molecular flexibility index (Phi) is 5.35. The molecule has 1 saturated carbocycles. The highest BCUT2D eigenvalue weighted by atomic mass is 32.2. The van der Waals surface area contributed by atoms with E-state index in [2.05, 4.69) is 5.32 Å². The number of nitrogens with two attached hydrogens (primary N) is 1. The number of Topliss-reactive ketones (excluding diaryl/α,β-unsaturated/α-hetero) is 1. The normalized spacial score (nSPS) is 14.8. The first-order chi connectivity index (χ1) is 9.54.